The molecule has 0 aliphatic heterocycles. The van der Waals surface area contributed by atoms with Gasteiger partial charge in [-0.1, -0.05) is 57.6 Å². The molecule has 2 aromatic carbocycles. The van der Waals surface area contributed by atoms with Gasteiger partial charge in [-0.15, -0.1) is 5.10 Å². The summed E-state index contributed by atoms with van der Waals surface area (Å²) in [5, 5.41) is 7.56. The van der Waals surface area contributed by atoms with Crippen LogP contribution in [-0.2, 0) is 4.79 Å². The van der Waals surface area contributed by atoms with Gasteiger partial charge in [0.05, 0.1) is 11.9 Å². The minimum Gasteiger partial charge on any atom is -0.484 e. The Morgan fingerprint density at radius 3 is 2.65 bits per heavy atom. The highest BCUT2D eigenvalue weighted by Gasteiger charge is 2.12. The molecule has 0 atom stereocenters. The maximum atomic E-state index is 12.0. The first-order chi connectivity index (χ1) is 12.7. The summed E-state index contributed by atoms with van der Waals surface area (Å²) in [6, 6.07) is 17.2. The number of benzene rings is 2. The van der Waals surface area contributed by atoms with Crippen LogP contribution in [0.1, 0.15) is 0 Å². The molecule has 130 valence electrons. The number of nitrogens with zero attached hydrogens (tertiary/aromatic N) is 3. The summed E-state index contributed by atoms with van der Waals surface area (Å²) in [5.41, 5.74) is 1.87. The second-order valence-electron chi connectivity index (χ2n) is 5.42. The zero-order chi connectivity index (χ0) is 17.9. The molecule has 6 nitrogen and oxygen atoms in total. The van der Waals surface area contributed by atoms with Crippen LogP contribution in [0.15, 0.2) is 65.3 Å². The number of halogens is 1. The molecule has 0 unspecified atom stereocenters. The van der Waals surface area contributed by atoms with Crippen molar-refractivity contribution in [2.24, 2.45) is 0 Å². The molecule has 8 heteroatoms. The van der Waals surface area contributed by atoms with E-state index >= 15 is 0 Å². The standard InChI is InChI=1S/C18H13BrN4O2S/c19-13-6-8-14(9-7-13)25-11-16(24)21-17-22-23-10-15(20-18(23)26-17)12-4-2-1-3-5-12/h1-10H,11H2,(H,21,22,24). The van der Waals surface area contributed by atoms with Gasteiger partial charge in [-0.3, -0.25) is 10.1 Å². The van der Waals surface area contributed by atoms with Gasteiger partial charge in [-0.2, -0.15) is 0 Å². The van der Waals surface area contributed by atoms with Crippen molar-refractivity contribution < 1.29 is 9.53 Å². The number of hydrogen-bond acceptors (Lipinski definition) is 5. The minimum atomic E-state index is -0.270. The van der Waals surface area contributed by atoms with E-state index < -0.39 is 0 Å². The average Bonchev–Trinajstić information content (AvgIpc) is 3.20. The number of imidazole rings is 1. The molecule has 0 saturated carbocycles. The fourth-order valence-corrected chi connectivity index (χ4v) is 3.40. The Hall–Kier alpha value is -2.71. The van der Waals surface area contributed by atoms with Crippen molar-refractivity contribution in [1.29, 1.82) is 0 Å². The predicted molar refractivity (Wildman–Crippen MR) is 105 cm³/mol. The van der Waals surface area contributed by atoms with Crippen molar-refractivity contribution in [3.8, 4) is 17.0 Å². The Morgan fingerprint density at radius 2 is 1.92 bits per heavy atom. The summed E-state index contributed by atoms with van der Waals surface area (Å²) in [4.78, 5) is 17.3. The summed E-state index contributed by atoms with van der Waals surface area (Å²) in [6.07, 6.45) is 1.84. The van der Waals surface area contributed by atoms with Crippen LogP contribution in [0.3, 0.4) is 0 Å². The topological polar surface area (TPSA) is 68.5 Å². The summed E-state index contributed by atoms with van der Waals surface area (Å²) in [6.45, 7) is -0.0845. The third-order valence-corrected chi connectivity index (χ3v) is 4.91. The number of hydrogen-bond donors (Lipinski definition) is 1. The molecule has 2 heterocycles. The van der Waals surface area contributed by atoms with E-state index in [2.05, 4.69) is 31.3 Å². The van der Waals surface area contributed by atoms with Crippen molar-refractivity contribution in [2.75, 3.05) is 11.9 Å². The summed E-state index contributed by atoms with van der Waals surface area (Å²) >= 11 is 4.66. The molecule has 0 aliphatic rings. The maximum absolute atomic E-state index is 12.0. The van der Waals surface area contributed by atoms with Crippen LogP contribution in [-0.4, -0.2) is 27.1 Å². The predicted octanol–water partition coefficient (Wildman–Crippen LogP) is 4.24. The highest BCUT2D eigenvalue weighted by molar-refractivity contribution is 9.10. The van der Waals surface area contributed by atoms with Gasteiger partial charge < -0.3 is 4.74 Å². The summed E-state index contributed by atoms with van der Waals surface area (Å²) < 4.78 is 8.07. The van der Waals surface area contributed by atoms with Crippen LogP contribution >= 0.6 is 27.3 Å². The van der Waals surface area contributed by atoms with E-state index in [1.165, 1.54) is 11.3 Å². The third kappa shape index (κ3) is 3.76. The van der Waals surface area contributed by atoms with E-state index in [9.17, 15) is 4.79 Å². The van der Waals surface area contributed by atoms with Crippen LogP contribution in [0.4, 0.5) is 5.13 Å². The van der Waals surface area contributed by atoms with Crippen molar-refractivity contribution >= 4 is 43.3 Å². The number of rotatable bonds is 5. The first-order valence-corrected chi connectivity index (χ1v) is 9.38. The normalized spacial score (nSPS) is 10.8. The van der Waals surface area contributed by atoms with Crippen LogP contribution in [0.2, 0.25) is 0 Å². The molecular formula is C18H13BrN4O2S. The number of nitrogens with one attached hydrogen (secondary N) is 1. The molecule has 4 rings (SSSR count). The molecule has 1 amide bonds. The fourth-order valence-electron chi connectivity index (χ4n) is 2.33. The lowest BCUT2D eigenvalue weighted by molar-refractivity contribution is -0.118. The van der Waals surface area contributed by atoms with Crippen LogP contribution in [0.25, 0.3) is 16.2 Å². The maximum Gasteiger partial charge on any atom is 0.264 e. The van der Waals surface area contributed by atoms with E-state index in [0.29, 0.717) is 15.8 Å². The van der Waals surface area contributed by atoms with E-state index in [-0.39, 0.29) is 12.5 Å². The molecule has 0 saturated heterocycles. The quantitative estimate of drug-likeness (QED) is 0.516. The number of carbonyl (C=O) groups is 1. The number of anilines is 1. The van der Waals surface area contributed by atoms with Crippen LogP contribution < -0.4 is 10.1 Å². The second-order valence-corrected chi connectivity index (χ2v) is 7.29. The molecule has 4 aromatic rings. The molecule has 26 heavy (non-hydrogen) atoms. The largest absolute Gasteiger partial charge is 0.484 e. The molecule has 0 fully saturated rings. The average molecular weight is 429 g/mol. The van der Waals surface area contributed by atoms with Crippen molar-refractivity contribution in [3.63, 3.8) is 0 Å². The number of carbonyl (C=O) groups excluding carboxylic acids is 1. The summed E-state index contributed by atoms with van der Waals surface area (Å²) in [5.74, 6) is 0.359. The highest BCUT2D eigenvalue weighted by atomic mass is 79.9. The van der Waals surface area contributed by atoms with Crippen LogP contribution in [0, 0.1) is 0 Å². The lowest BCUT2D eigenvalue weighted by atomic mass is 10.2. The summed E-state index contributed by atoms with van der Waals surface area (Å²) in [7, 11) is 0. The van der Waals surface area contributed by atoms with E-state index in [1.807, 2.05) is 48.7 Å². The Morgan fingerprint density at radius 1 is 1.15 bits per heavy atom. The van der Waals surface area contributed by atoms with Crippen LogP contribution in [0.5, 0.6) is 5.75 Å². The molecule has 0 aliphatic carbocycles. The first-order valence-electron chi connectivity index (χ1n) is 7.77. The number of ether oxygens (including phenoxy) is 1. The lowest BCUT2D eigenvalue weighted by Crippen LogP contribution is -2.20. The highest BCUT2D eigenvalue weighted by Crippen LogP contribution is 2.24. The Balaban J connectivity index is 1.40. The Bertz CT molecular complexity index is 1010. The molecule has 0 spiro atoms. The SMILES string of the molecule is O=C(COc1ccc(Br)cc1)Nc1nn2cc(-c3ccccc3)nc2s1. The molecule has 1 N–H and O–H groups in total. The van der Waals surface area contributed by atoms with Gasteiger partial charge >= 0.3 is 0 Å². The van der Waals surface area contributed by atoms with Gasteiger partial charge in [-0.05, 0) is 24.3 Å². The minimum absolute atomic E-state index is 0.0845. The Kier molecular flexibility index (Phi) is 4.68. The van der Waals surface area contributed by atoms with Gasteiger partial charge in [0.15, 0.2) is 6.61 Å². The monoisotopic (exact) mass is 428 g/mol. The number of aromatic nitrogens is 3. The third-order valence-electron chi connectivity index (χ3n) is 3.54. The second kappa shape index (κ2) is 7.27. The van der Waals surface area contributed by atoms with E-state index in [1.54, 1.807) is 16.6 Å². The van der Waals surface area contributed by atoms with Gasteiger partial charge in [0.1, 0.15) is 5.75 Å². The Labute approximate surface area is 161 Å². The van der Waals surface area contributed by atoms with Gasteiger partial charge in [-0.25, -0.2) is 9.50 Å². The number of amides is 1. The fraction of sp³-hybridized carbons (Fsp3) is 0.0556. The van der Waals surface area contributed by atoms with Gasteiger partial charge in [0, 0.05) is 10.0 Å². The zero-order valence-corrected chi connectivity index (χ0v) is 15.8. The molecule has 0 bridgehead atoms. The van der Waals surface area contributed by atoms with Gasteiger partial charge in [0.2, 0.25) is 10.1 Å². The lowest BCUT2D eigenvalue weighted by Gasteiger charge is -2.05. The molecule has 2 aromatic heterocycles. The number of fused-ring (bicyclic) bond motifs is 1. The smallest absolute Gasteiger partial charge is 0.264 e. The van der Waals surface area contributed by atoms with E-state index in [4.69, 9.17) is 4.74 Å². The zero-order valence-electron chi connectivity index (χ0n) is 13.4. The van der Waals surface area contributed by atoms with E-state index in [0.717, 1.165) is 15.7 Å². The molecular weight excluding hydrogens is 416 g/mol. The van der Waals surface area contributed by atoms with Crippen molar-refractivity contribution in [2.45, 2.75) is 0 Å². The van der Waals surface area contributed by atoms with Gasteiger partial charge in [0.25, 0.3) is 5.91 Å². The van der Waals surface area contributed by atoms with Crippen molar-refractivity contribution in [3.05, 3.63) is 65.3 Å². The molecule has 0 radical (unpaired) electrons. The van der Waals surface area contributed by atoms with Crippen molar-refractivity contribution in [1.82, 2.24) is 14.6 Å². The first kappa shape index (κ1) is 16.7.